The number of amides is 1. The largest absolute Gasteiger partial charge is 0.507 e. The molecule has 0 spiro atoms. The number of aryl methyl sites for hydroxylation is 1. The number of H-pyrrole nitrogens is 1. The number of phenolic OH excluding ortho intramolecular Hbond substituents is 1. The minimum Gasteiger partial charge on any atom is -0.507 e. The van der Waals surface area contributed by atoms with Gasteiger partial charge in [-0.25, -0.2) is 0 Å². The number of aromatic nitrogens is 2. The molecule has 4 aromatic rings. The molecule has 41 heavy (non-hydrogen) atoms. The molecule has 10 heteroatoms. The van der Waals surface area contributed by atoms with Gasteiger partial charge in [0.25, 0.3) is 5.91 Å². The van der Waals surface area contributed by atoms with Crippen LogP contribution >= 0.6 is 0 Å². The Morgan fingerprint density at radius 2 is 1.54 bits per heavy atom. The number of rotatable bonds is 10. The van der Waals surface area contributed by atoms with E-state index in [4.69, 9.17) is 23.7 Å². The summed E-state index contributed by atoms with van der Waals surface area (Å²) in [6, 6.07) is 14.1. The van der Waals surface area contributed by atoms with E-state index in [9.17, 15) is 9.90 Å². The van der Waals surface area contributed by atoms with E-state index in [2.05, 4.69) is 10.2 Å². The SMILES string of the molecule is COc1ccc(CCN2C(=O)c3[nH]nc(-c4cc(C)ccc4O)c3[C@H]2c2cc(OC)c(OC)c(OC)c2)cc1OC. The Morgan fingerprint density at radius 1 is 0.854 bits per heavy atom. The highest BCUT2D eigenvalue weighted by Gasteiger charge is 2.43. The van der Waals surface area contributed by atoms with Crippen molar-refractivity contribution in [2.24, 2.45) is 0 Å². The molecule has 0 bridgehead atoms. The summed E-state index contributed by atoms with van der Waals surface area (Å²) in [6.45, 7) is 2.32. The molecule has 1 aliphatic rings. The highest BCUT2D eigenvalue weighted by Crippen LogP contribution is 2.48. The summed E-state index contributed by atoms with van der Waals surface area (Å²) in [5.41, 5.74) is 4.74. The number of nitrogens with one attached hydrogen (secondary N) is 1. The zero-order chi connectivity index (χ0) is 29.3. The maximum absolute atomic E-state index is 13.9. The van der Waals surface area contributed by atoms with Crippen molar-refractivity contribution in [2.75, 3.05) is 42.1 Å². The quantitative estimate of drug-likeness (QED) is 0.281. The van der Waals surface area contributed by atoms with Crippen LogP contribution in [-0.4, -0.2) is 68.2 Å². The van der Waals surface area contributed by atoms with Crippen LogP contribution in [0.2, 0.25) is 0 Å². The van der Waals surface area contributed by atoms with Gasteiger partial charge in [0.2, 0.25) is 5.75 Å². The number of carbonyl (C=O) groups is 1. The minimum absolute atomic E-state index is 0.0739. The first-order valence-electron chi connectivity index (χ1n) is 13.0. The van der Waals surface area contributed by atoms with E-state index in [1.165, 1.54) is 0 Å². The summed E-state index contributed by atoms with van der Waals surface area (Å²) in [7, 11) is 7.83. The summed E-state index contributed by atoms with van der Waals surface area (Å²) >= 11 is 0. The molecule has 2 heterocycles. The Labute approximate surface area is 238 Å². The predicted molar refractivity (Wildman–Crippen MR) is 153 cm³/mol. The Bertz CT molecular complexity index is 1570. The number of hydrogen-bond acceptors (Lipinski definition) is 8. The van der Waals surface area contributed by atoms with E-state index in [-0.39, 0.29) is 11.7 Å². The number of phenols is 1. The fraction of sp³-hybridized carbons (Fsp3) is 0.290. The molecule has 0 saturated heterocycles. The topological polar surface area (TPSA) is 115 Å². The summed E-state index contributed by atoms with van der Waals surface area (Å²) < 4.78 is 27.7. The van der Waals surface area contributed by atoms with Crippen molar-refractivity contribution in [3.05, 3.63) is 76.5 Å². The van der Waals surface area contributed by atoms with Crippen LogP contribution in [0.4, 0.5) is 0 Å². The zero-order valence-electron chi connectivity index (χ0n) is 23.9. The Morgan fingerprint density at radius 3 is 2.17 bits per heavy atom. The summed E-state index contributed by atoms with van der Waals surface area (Å²) in [6.07, 6.45) is 0.551. The fourth-order valence-electron chi connectivity index (χ4n) is 5.36. The van der Waals surface area contributed by atoms with Gasteiger partial charge in [-0.2, -0.15) is 5.10 Å². The summed E-state index contributed by atoms with van der Waals surface area (Å²) in [5, 5.41) is 18.2. The molecule has 0 unspecified atom stereocenters. The van der Waals surface area contributed by atoms with E-state index >= 15 is 0 Å². The number of aromatic amines is 1. The lowest BCUT2D eigenvalue weighted by atomic mass is 9.94. The Hall–Kier alpha value is -4.86. The van der Waals surface area contributed by atoms with Crippen molar-refractivity contribution in [3.63, 3.8) is 0 Å². The fourth-order valence-corrected chi connectivity index (χ4v) is 5.36. The van der Waals surface area contributed by atoms with Gasteiger partial charge in [0.1, 0.15) is 17.1 Å². The molecular formula is C31H33N3O7. The summed E-state index contributed by atoms with van der Waals surface area (Å²) in [4.78, 5) is 15.7. The van der Waals surface area contributed by atoms with Gasteiger partial charge >= 0.3 is 0 Å². The standard InChI is InChI=1S/C31H33N3O7/c1-17-7-9-21(35)20(13-17)27-26-28(33-32-27)31(36)34(12-11-18-8-10-22(37-2)23(14-18)38-3)29(26)19-15-24(39-4)30(41-6)25(16-19)40-5/h7-10,13-16,29,35H,11-12H2,1-6H3,(H,32,33)/t29-/m1/s1. The molecule has 10 nitrogen and oxygen atoms in total. The van der Waals surface area contributed by atoms with Crippen LogP contribution < -0.4 is 23.7 Å². The van der Waals surface area contributed by atoms with Crippen LogP contribution in [0.25, 0.3) is 11.3 Å². The number of aromatic hydroxyl groups is 1. The summed E-state index contributed by atoms with van der Waals surface area (Å²) in [5.74, 6) is 2.49. The molecular weight excluding hydrogens is 526 g/mol. The van der Waals surface area contributed by atoms with Gasteiger partial charge in [-0.3, -0.25) is 9.89 Å². The van der Waals surface area contributed by atoms with Gasteiger partial charge < -0.3 is 33.7 Å². The molecule has 0 radical (unpaired) electrons. The number of nitrogens with zero attached hydrogens (tertiary/aromatic N) is 2. The van der Waals surface area contributed by atoms with Gasteiger partial charge in [-0.1, -0.05) is 17.7 Å². The van der Waals surface area contributed by atoms with Crippen molar-refractivity contribution >= 4 is 5.91 Å². The van der Waals surface area contributed by atoms with Gasteiger partial charge in [-0.05, 0) is 60.9 Å². The first-order valence-corrected chi connectivity index (χ1v) is 13.0. The van der Waals surface area contributed by atoms with Crippen LogP contribution in [0.15, 0.2) is 48.5 Å². The Balaban J connectivity index is 1.63. The average molecular weight is 560 g/mol. The maximum Gasteiger partial charge on any atom is 0.273 e. The number of fused-ring (bicyclic) bond motifs is 1. The highest BCUT2D eigenvalue weighted by molar-refractivity contribution is 6.00. The zero-order valence-corrected chi connectivity index (χ0v) is 23.9. The molecule has 0 fully saturated rings. The molecule has 1 atom stereocenters. The third kappa shape index (κ3) is 4.86. The van der Waals surface area contributed by atoms with Crippen LogP contribution in [0.1, 0.15) is 38.8 Å². The van der Waals surface area contributed by atoms with Crippen LogP contribution in [0.5, 0.6) is 34.5 Å². The van der Waals surface area contributed by atoms with Crippen molar-refractivity contribution in [1.29, 1.82) is 0 Å². The lowest BCUT2D eigenvalue weighted by Gasteiger charge is -2.27. The first kappa shape index (κ1) is 27.7. The third-order valence-corrected chi connectivity index (χ3v) is 7.36. The normalized spacial score (nSPS) is 14.1. The predicted octanol–water partition coefficient (Wildman–Crippen LogP) is 4.92. The molecule has 0 aliphatic carbocycles. The van der Waals surface area contributed by atoms with Crippen molar-refractivity contribution in [2.45, 2.75) is 19.4 Å². The smallest absolute Gasteiger partial charge is 0.273 e. The monoisotopic (exact) mass is 559 g/mol. The maximum atomic E-state index is 13.9. The van der Waals surface area contributed by atoms with Gasteiger partial charge in [0, 0.05) is 17.7 Å². The van der Waals surface area contributed by atoms with E-state index in [1.807, 2.05) is 49.4 Å². The second kappa shape index (κ2) is 11.3. The molecule has 0 saturated carbocycles. The van der Waals surface area contributed by atoms with E-state index < -0.39 is 6.04 Å². The number of hydrogen-bond donors (Lipinski definition) is 2. The molecule has 5 rings (SSSR count). The average Bonchev–Trinajstić information content (AvgIpc) is 3.54. The van der Waals surface area contributed by atoms with Gasteiger partial charge in [0.15, 0.2) is 23.0 Å². The molecule has 1 amide bonds. The number of ether oxygens (including phenoxy) is 5. The van der Waals surface area contributed by atoms with E-state index in [0.29, 0.717) is 64.2 Å². The van der Waals surface area contributed by atoms with Crippen molar-refractivity contribution < 1.29 is 33.6 Å². The lowest BCUT2D eigenvalue weighted by Crippen LogP contribution is -2.31. The van der Waals surface area contributed by atoms with Gasteiger partial charge in [-0.15, -0.1) is 0 Å². The van der Waals surface area contributed by atoms with Crippen LogP contribution in [0, 0.1) is 6.92 Å². The first-order chi connectivity index (χ1) is 19.8. The van der Waals surface area contributed by atoms with Crippen LogP contribution in [0.3, 0.4) is 0 Å². The molecule has 2 N–H and O–H groups in total. The second-order valence-corrected chi connectivity index (χ2v) is 9.68. The lowest BCUT2D eigenvalue weighted by molar-refractivity contribution is 0.0745. The highest BCUT2D eigenvalue weighted by atomic mass is 16.5. The molecule has 1 aliphatic heterocycles. The molecule has 1 aromatic heterocycles. The van der Waals surface area contributed by atoms with Crippen molar-refractivity contribution in [1.82, 2.24) is 15.1 Å². The van der Waals surface area contributed by atoms with Gasteiger partial charge in [0.05, 0.1) is 41.6 Å². The second-order valence-electron chi connectivity index (χ2n) is 9.68. The number of benzene rings is 3. The minimum atomic E-state index is -0.556. The molecule has 3 aromatic carbocycles. The molecule has 214 valence electrons. The number of carbonyl (C=O) groups excluding carboxylic acids is 1. The number of methoxy groups -OCH3 is 5. The van der Waals surface area contributed by atoms with Crippen LogP contribution in [-0.2, 0) is 6.42 Å². The van der Waals surface area contributed by atoms with E-state index in [0.717, 1.165) is 16.7 Å². The Kier molecular flexibility index (Phi) is 7.65. The van der Waals surface area contributed by atoms with Crippen molar-refractivity contribution in [3.8, 4) is 45.8 Å². The van der Waals surface area contributed by atoms with E-state index in [1.54, 1.807) is 46.5 Å². The third-order valence-electron chi connectivity index (χ3n) is 7.36.